The maximum atomic E-state index is 14.2. The molecule has 5 nitrogen and oxygen atoms in total. The molecule has 1 saturated carbocycles. The minimum Gasteiger partial charge on any atom is -0.508 e. The molecule has 1 saturated heterocycles. The van der Waals surface area contributed by atoms with Gasteiger partial charge in [0.15, 0.2) is 0 Å². The maximum Gasteiger partial charge on any atom is 0.261 e. The van der Waals surface area contributed by atoms with E-state index in [4.69, 9.17) is 4.98 Å². The molecule has 0 radical (unpaired) electrons. The average molecular weight is 494 g/mol. The van der Waals surface area contributed by atoms with Crippen molar-refractivity contribution in [2.75, 3.05) is 13.1 Å². The van der Waals surface area contributed by atoms with E-state index in [1.54, 1.807) is 12.1 Å². The molecule has 0 amide bonds. The lowest BCUT2D eigenvalue weighted by atomic mass is 9.95. The second kappa shape index (κ2) is 10.1. The molecular formula is C32H35N3O2. The SMILES string of the molecule is Cc1ccccc1-c1nc2ccc(-c3ccc(O)cc3)cc2c(=O)n1CC1CCCN(C2CCCC2)C1. The standard InChI is InChI=1S/C32H35N3O2/c1-22-7-2-5-11-28(22)31-33-30-17-14-25(24-12-15-27(36)16-13-24)19-29(30)32(37)35(31)21-23-8-6-18-34(20-23)26-9-3-4-10-26/h2,5,7,11-17,19,23,26,36H,3-4,6,8-10,18,20-21H2,1H3. The quantitative estimate of drug-likeness (QED) is 0.350. The summed E-state index contributed by atoms with van der Waals surface area (Å²) in [5.41, 5.74) is 4.81. The van der Waals surface area contributed by atoms with Gasteiger partial charge in [0.1, 0.15) is 11.6 Å². The van der Waals surface area contributed by atoms with E-state index in [0.717, 1.165) is 52.6 Å². The molecule has 0 bridgehead atoms. The summed E-state index contributed by atoms with van der Waals surface area (Å²) in [4.78, 5) is 21.9. The van der Waals surface area contributed by atoms with Crippen LogP contribution in [0, 0.1) is 12.8 Å². The minimum absolute atomic E-state index is 0.0295. The highest BCUT2D eigenvalue weighted by atomic mass is 16.3. The number of aryl methyl sites for hydroxylation is 1. The van der Waals surface area contributed by atoms with Crippen LogP contribution in [0.5, 0.6) is 5.75 Å². The Morgan fingerprint density at radius 1 is 0.919 bits per heavy atom. The molecule has 1 aliphatic carbocycles. The molecule has 6 rings (SSSR count). The van der Waals surface area contributed by atoms with Gasteiger partial charge in [-0.05, 0) is 86.0 Å². The van der Waals surface area contributed by atoms with Crippen LogP contribution in [-0.4, -0.2) is 38.7 Å². The summed E-state index contributed by atoms with van der Waals surface area (Å²) in [5, 5.41) is 10.3. The molecule has 5 heteroatoms. The molecule has 1 unspecified atom stereocenters. The molecule has 3 aromatic carbocycles. The summed E-state index contributed by atoms with van der Waals surface area (Å²) >= 11 is 0. The molecule has 4 aromatic rings. The molecule has 0 spiro atoms. The van der Waals surface area contributed by atoms with E-state index >= 15 is 0 Å². The first kappa shape index (κ1) is 23.9. The number of rotatable bonds is 5. The van der Waals surface area contributed by atoms with E-state index in [0.29, 0.717) is 17.8 Å². The van der Waals surface area contributed by atoms with Crippen LogP contribution in [0.3, 0.4) is 0 Å². The van der Waals surface area contributed by atoms with Crippen LogP contribution in [0.2, 0.25) is 0 Å². The fourth-order valence-electron chi connectivity index (χ4n) is 6.36. The summed E-state index contributed by atoms with van der Waals surface area (Å²) in [7, 11) is 0. The lowest BCUT2D eigenvalue weighted by Gasteiger charge is -2.37. The largest absolute Gasteiger partial charge is 0.508 e. The van der Waals surface area contributed by atoms with Gasteiger partial charge in [-0.1, -0.05) is 55.3 Å². The molecule has 190 valence electrons. The van der Waals surface area contributed by atoms with Crippen LogP contribution >= 0.6 is 0 Å². The number of fused-ring (bicyclic) bond motifs is 1. The summed E-state index contributed by atoms with van der Waals surface area (Å²) in [6, 6.07) is 22.0. The van der Waals surface area contributed by atoms with Crippen LogP contribution in [0.15, 0.2) is 71.5 Å². The second-order valence-corrected chi connectivity index (χ2v) is 10.9. The highest BCUT2D eigenvalue weighted by molar-refractivity contribution is 5.85. The Bertz CT molecular complexity index is 1470. The number of piperidine rings is 1. The smallest absolute Gasteiger partial charge is 0.261 e. The maximum absolute atomic E-state index is 14.2. The number of hydrogen-bond acceptors (Lipinski definition) is 4. The number of likely N-dealkylation sites (tertiary alicyclic amines) is 1. The minimum atomic E-state index is 0.0295. The highest BCUT2D eigenvalue weighted by Crippen LogP contribution is 2.31. The predicted octanol–water partition coefficient (Wildman–Crippen LogP) is 6.40. The fourth-order valence-corrected chi connectivity index (χ4v) is 6.36. The van der Waals surface area contributed by atoms with Gasteiger partial charge >= 0.3 is 0 Å². The van der Waals surface area contributed by atoms with Crippen molar-refractivity contribution in [3.8, 4) is 28.3 Å². The number of hydrogen-bond donors (Lipinski definition) is 1. The van der Waals surface area contributed by atoms with Gasteiger partial charge in [0, 0.05) is 24.7 Å². The van der Waals surface area contributed by atoms with Crippen molar-refractivity contribution < 1.29 is 5.11 Å². The Kier molecular flexibility index (Phi) is 6.56. The zero-order valence-electron chi connectivity index (χ0n) is 21.6. The summed E-state index contributed by atoms with van der Waals surface area (Å²) in [6.45, 7) is 5.03. The Morgan fingerprint density at radius 2 is 1.68 bits per heavy atom. The number of phenolic OH excluding ortho intramolecular Hbond substituents is 1. The first-order valence-electron chi connectivity index (χ1n) is 13.7. The Hall–Kier alpha value is -3.44. The van der Waals surface area contributed by atoms with E-state index in [2.05, 4.69) is 24.0 Å². The van der Waals surface area contributed by atoms with Gasteiger partial charge in [0.05, 0.1) is 10.9 Å². The molecule has 1 N–H and O–H groups in total. The van der Waals surface area contributed by atoms with Crippen molar-refractivity contribution in [1.29, 1.82) is 0 Å². The van der Waals surface area contributed by atoms with Crippen molar-refractivity contribution in [2.45, 2.75) is 58.0 Å². The summed E-state index contributed by atoms with van der Waals surface area (Å²) < 4.78 is 1.95. The van der Waals surface area contributed by atoms with Gasteiger partial charge in [0.25, 0.3) is 5.56 Å². The highest BCUT2D eigenvalue weighted by Gasteiger charge is 2.29. The lowest BCUT2D eigenvalue weighted by molar-refractivity contribution is 0.116. The van der Waals surface area contributed by atoms with Crippen LogP contribution in [0.4, 0.5) is 0 Å². The first-order chi connectivity index (χ1) is 18.1. The number of benzene rings is 3. The molecule has 2 heterocycles. The summed E-state index contributed by atoms with van der Waals surface area (Å²) in [5.74, 6) is 1.44. The number of nitrogens with zero attached hydrogens (tertiary/aromatic N) is 3. The van der Waals surface area contributed by atoms with Gasteiger partial charge in [-0.3, -0.25) is 9.36 Å². The Labute approximate surface area is 218 Å². The predicted molar refractivity (Wildman–Crippen MR) is 150 cm³/mol. The van der Waals surface area contributed by atoms with Crippen LogP contribution in [-0.2, 0) is 6.54 Å². The van der Waals surface area contributed by atoms with E-state index in [1.165, 1.54) is 38.6 Å². The fraction of sp³-hybridized carbons (Fsp3) is 0.375. The normalized spacial score (nSPS) is 19.0. The molecular weight excluding hydrogens is 458 g/mol. The van der Waals surface area contributed by atoms with Crippen LogP contribution in [0.1, 0.15) is 44.1 Å². The van der Waals surface area contributed by atoms with Gasteiger partial charge in [0.2, 0.25) is 0 Å². The van der Waals surface area contributed by atoms with E-state index in [1.807, 2.05) is 47.0 Å². The van der Waals surface area contributed by atoms with Crippen molar-refractivity contribution >= 4 is 10.9 Å². The van der Waals surface area contributed by atoms with Crippen molar-refractivity contribution in [2.24, 2.45) is 5.92 Å². The molecule has 1 atom stereocenters. The van der Waals surface area contributed by atoms with Crippen molar-refractivity contribution in [3.63, 3.8) is 0 Å². The van der Waals surface area contributed by atoms with E-state index < -0.39 is 0 Å². The zero-order valence-corrected chi connectivity index (χ0v) is 21.6. The van der Waals surface area contributed by atoms with Crippen LogP contribution in [0.25, 0.3) is 33.4 Å². The third-order valence-electron chi connectivity index (χ3n) is 8.37. The Balaban J connectivity index is 1.43. The van der Waals surface area contributed by atoms with Gasteiger partial charge in [-0.25, -0.2) is 4.98 Å². The first-order valence-corrected chi connectivity index (χ1v) is 13.7. The average Bonchev–Trinajstić information content (AvgIpc) is 3.46. The van der Waals surface area contributed by atoms with Gasteiger partial charge < -0.3 is 10.0 Å². The van der Waals surface area contributed by atoms with E-state index in [9.17, 15) is 9.90 Å². The van der Waals surface area contributed by atoms with Crippen molar-refractivity contribution in [1.82, 2.24) is 14.5 Å². The third-order valence-corrected chi connectivity index (χ3v) is 8.37. The molecule has 37 heavy (non-hydrogen) atoms. The molecule has 2 aliphatic rings. The lowest BCUT2D eigenvalue weighted by Crippen LogP contribution is -2.43. The van der Waals surface area contributed by atoms with E-state index in [-0.39, 0.29) is 11.3 Å². The number of aromatic nitrogens is 2. The van der Waals surface area contributed by atoms with Gasteiger partial charge in [-0.2, -0.15) is 0 Å². The molecule has 1 aliphatic heterocycles. The zero-order chi connectivity index (χ0) is 25.4. The number of phenols is 1. The van der Waals surface area contributed by atoms with Crippen LogP contribution < -0.4 is 5.56 Å². The van der Waals surface area contributed by atoms with Crippen molar-refractivity contribution in [3.05, 3.63) is 82.6 Å². The topological polar surface area (TPSA) is 58.4 Å². The molecule has 2 fully saturated rings. The third kappa shape index (κ3) is 4.80. The monoisotopic (exact) mass is 493 g/mol. The second-order valence-electron chi connectivity index (χ2n) is 10.9. The molecule has 1 aromatic heterocycles. The summed E-state index contributed by atoms with van der Waals surface area (Å²) in [6.07, 6.45) is 7.68. The van der Waals surface area contributed by atoms with Gasteiger partial charge in [-0.15, -0.1) is 0 Å². The Morgan fingerprint density at radius 3 is 2.46 bits per heavy atom. The number of aromatic hydroxyl groups is 1.